The molecule has 2 heterocycles. The second-order valence-electron chi connectivity index (χ2n) is 6.70. The van der Waals surface area contributed by atoms with E-state index in [2.05, 4.69) is 15.5 Å². The van der Waals surface area contributed by atoms with Gasteiger partial charge in [0, 0.05) is 45.8 Å². The van der Waals surface area contributed by atoms with Gasteiger partial charge < -0.3 is 15.0 Å². The number of hydrogen-bond donors (Lipinski definition) is 2. The van der Waals surface area contributed by atoms with E-state index in [1.165, 1.54) is 0 Å². The average molecular weight is 369 g/mol. The summed E-state index contributed by atoms with van der Waals surface area (Å²) in [5.74, 6) is -0.182. The molecule has 9 nitrogen and oxygen atoms in total. The lowest BCUT2D eigenvalue weighted by Gasteiger charge is -2.36. The van der Waals surface area contributed by atoms with Crippen molar-refractivity contribution in [1.29, 1.82) is 0 Å². The van der Waals surface area contributed by atoms with Gasteiger partial charge in [-0.2, -0.15) is 0 Å². The highest BCUT2D eigenvalue weighted by molar-refractivity contribution is 5.95. The number of rotatable bonds is 7. The van der Waals surface area contributed by atoms with E-state index >= 15 is 0 Å². The highest BCUT2D eigenvalue weighted by Gasteiger charge is 2.24. The normalized spacial score (nSPS) is 19.2. The van der Waals surface area contributed by atoms with E-state index in [0.29, 0.717) is 52.5 Å². The lowest BCUT2D eigenvalue weighted by Crippen LogP contribution is -2.54. The molecule has 0 aliphatic carbocycles. The van der Waals surface area contributed by atoms with Crippen molar-refractivity contribution >= 4 is 17.8 Å². The third kappa shape index (κ3) is 7.27. The molecule has 0 aromatic carbocycles. The summed E-state index contributed by atoms with van der Waals surface area (Å²) in [5, 5.41) is 5.00. The minimum absolute atomic E-state index is 0.131. The van der Waals surface area contributed by atoms with Gasteiger partial charge in [-0.1, -0.05) is 13.3 Å². The zero-order valence-electron chi connectivity index (χ0n) is 15.7. The van der Waals surface area contributed by atoms with Crippen molar-refractivity contribution in [1.82, 2.24) is 25.3 Å². The Hall–Kier alpha value is -1.71. The maximum atomic E-state index is 12.4. The number of piperazine rings is 1. The second-order valence-corrected chi connectivity index (χ2v) is 6.70. The van der Waals surface area contributed by atoms with Crippen LogP contribution in [0, 0.1) is 0 Å². The van der Waals surface area contributed by atoms with Gasteiger partial charge in [-0.3, -0.25) is 24.7 Å². The molecule has 0 atom stereocenters. The molecule has 0 aromatic heterocycles. The number of ether oxygens (including phenoxy) is 1. The summed E-state index contributed by atoms with van der Waals surface area (Å²) >= 11 is 0. The lowest BCUT2D eigenvalue weighted by molar-refractivity contribution is -0.135. The van der Waals surface area contributed by atoms with E-state index < -0.39 is 6.03 Å². The van der Waals surface area contributed by atoms with Crippen LogP contribution in [0.25, 0.3) is 0 Å². The standard InChI is InChI=1S/C17H31N5O4/c1-2-3-4-18-17(25)19-15(23)13-20-5-7-22(8-6-20)16(24)14-21-9-11-26-12-10-21/h2-14H2,1H3,(H2,18,19,23,25). The maximum absolute atomic E-state index is 12.4. The minimum Gasteiger partial charge on any atom is -0.379 e. The van der Waals surface area contributed by atoms with Crippen LogP contribution in [-0.2, 0) is 14.3 Å². The van der Waals surface area contributed by atoms with E-state index in [0.717, 1.165) is 25.9 Å². The molecular formula is C17H31N5O4. The summed E-state index contributed by atoms with van der Waals surface area (Å²) < 4.78 is 5.29. The highest BCUT2D eigenvalue weighted by atomic mass is 16.5. The third-order valence-corrected chi connectivity index (χ3v) is 4.62. The number of hydrogen-bond acceptors (Lipinski definition) is 6. The fraction of sp³-hybridized carbons (Fsp3) is 0.824. The summed E-state index contributed by atoms with van der Waals surface area (Å²) in [6.45, 7) is 8.67. The summed E-state index contributed by atoms with van der Waals surface area (Å²) in [6.07, 6.45) is 1.88. The van der Waals surface area contributed by atoms with Crippen LogP contribution in [-0.4, -0.2) is 105 Å². The number of urea groups is 1. The van der Waals surface area contributed by atoms with Crippen molar-refractivity contribution in [2.75, 3.05) is 72.1 Å². The van der Waals surface area contributed by atoms with Gasteiger partial charge >= 0.3 is 6.03 Å². The second kappa shape index (κ2) is 11.1. The van der Waals surface area contributed by atoms with Crippen LogP contribution in [0.4, 0.5) is 4.79 Å². The Morgan fingerprint density at radius 1 is 0.923 bits per heavy atom. The summed E-state index contributed by atoms with van der Waals surface area (Å²) in [4.78, 5) is 41.8. The largest absolute Gasteiger partial charge is 0.379 e. The van der Waals surface area contributed by atoms with Gasteiger partial charge in [0.2, 0.25) is 11.8 Å². The predicted octanol–water partition coefficient (Wildman–Crippen LogP) is -0.911. The topological polar surface area (TPSA) is 94.2 Å². The molecule has 9 heteroatoms. The molecule has 2 rings (SSSR count). The van der Waals surface area contributed by atoms with Gasteiger partial charge in [-0.05, 0) is 6.42 Å². The van der Waals surface area contributed by atoms with Gasteiger partial charge in [-0.25, -0.2) is 4.79 Å². The van der Waals surface area contributed by atoms with E-state index in [4.69, 9.17) is 4.74 Å². The van der Waals surface area contributed by atoms with Gasteiger partial charge in [0.1, 0.15) is 0 Å². The average Bonchev–Trinajstić information content (AvgIpc) is 2.63. The molecule has 4 amide bonds. The predicted molar refractivity (Wildman–Crippen MR) is 96.7 cm³/mol. The molecule has 2 aliphatic heterocycles. The number of nitrogens with zero attached hydrogens (tertiary/aromatic N) is 3. The Bertz CT molecular complexity index is 474. The van der Waals surface area contributed by atoms with Crippen molar-refractivity contribution in [2.45, 2.75) is 19.8 Å². The zero-order chi connectivity index (χ0) is 18.8. The lowest BCUT2D eigenvalue weighted by atomic mass is 10.3. The Labute approximate surface area is 155 Å². The van der Waals surface area contributed by atoms with Gasteiger partial charge in [0.25, 0.3) is 0 Å². The molecule has 0 bridgehead atoms. The quantitative estimate of drug-likeness (QED) is 0.564. The molecule has 0 spiro atoms. The number of carbonyl (C=O) groups is 3. The highest BCUT2D eigenvalue weighted by Crippen LogP contribution is 2.04. The first-order chi connectivity index (χ1) is 12.6. The fourth-order valence-electron chi connectivity index (χ4n) is 3.00. The molecular weight excluding hydrogens is 338 g/mol. The van der Waals surface area contributed by atoms with Crippen LogP contribution in [0.1, 0.15) is 19.8 Å². The first-order valence-electron chi connectivity index (χ1n) is 9.46. The minimum atomic E-state index is -0.442. The summed E-state index contributed by atoms with van der Waals surface area (Å²) in [5.41, 5.74) is 0. The maximum Gasteiger partial charge on any atom is 0.321 e. The first kappa shape index (κ1) is 20.6. The molecule has 2 saturated heterocycles. The number of unbranched alkanes of at least 4 members (excludes halogenated alkanes) is 1. The first-order valence-corrected chi connectivity index (χ1v) is 9.46. The van der Waals surface area contributed by atoms with Crippen molar-refractivity contribution < 1.29 is 19.1 Å². The SMILES string of the molecule is CCCCNC(=O)NC(=O)CN1CCN(C(=O)CN2CCOCC2)CC1. The fourth-order valence-corrected chi connectivity index (χ4v) is 3.00. The molecule has 0 radical (unpaired) electrons. The Kier molecular flexibility index (Phi) is 8.79. The van der Waals surface area contributed by atoms with Gasteiger partial charge in [0.15, 0.2) is 0 Å². The van der Waals surface area contributed by atoms with Gasteiger partial charge in [-0.15, -0.1) is 0 Å². The van der Waals surface area contributed by atoms with Gasteiger partial charge in [0.05, 0.1) is 26.3 Å². The monoisotopic (exact) mass is 369 g/mol. The summed E-state index contributed by atoms with van der Waals surface area (Å²) in [6, 6.07) is -0.442. The molecule has 2 aliphatic rings. The molecule has 148 valence electrons. The Morgan fingerprint density at radius 3 is 2.23 bits per heavy atom. The third-order valence-electron chi connectivity index (χ3n) is 4.62. The van der Waals surface area contributed by atoms with E-state index in [1.54, 1.807) is 0 Å². The Morgan fingerprint density at radius 2 is 1.58 bits per heavy atom. The van der Waals surface area contributed by atoms with Crippen LogP contribution in [0.15, 0.2) is 0 Å². The number of morpholine rings is 1. The van der Waals surface area contributed by atoms with Crippen LogP contribution in [0.5, 0.6) is 0 Å². The number of amides is 4. The van der Waals surface area contributed by atoms with Crippen LogP contribution in [0.3, 0.4) is 0 Å². The zero-order valence-corrected chi connectivity index (χ0v) is 15.7. The van der Waals surface area contributed by atoms with Crippen molar-refractivity contribution in [3.05, 3.63) is 0 Å². The van der Waals surface area contributed by atoms with Crippen molar-refractivity contribution in [3.63, 3.8) is 0 Å². The van der Waals surface area contributed by atoms with E-state index in [-0.39, 0.29) is 18.4 Å². The van der Waals surface area contributed by atoms with Crippen LogP contribution >= 0.6 is 0 Å². The molecule has 0 aromatic rings. The molecule has 0 saturated carbocycles. The molecule has 0 unspecified atom stereocenters. The molecule has 26 heavy (non-hydrogen) atoms. The summed E-state index contributed by atoms with van der Waals surface area (Å²) in [7, 11) is 0. The van der Waals surface area contributed by atoms with E-state index in [1.807, 2.05) is 16.7 Å². The number of imide groups is 1. The van der Waals surface area contributed by atoms with Crippen LogP contribution in [0.2, 0.25) is 0 Å². The Balaban J connectivity index is 1.62. The molecule has 2 fully saturated rings. The van der Waals surface area contributed by atoms with Crippen LogP contribution < -0.4 is 10.6 Å². The van der Waals surface area contributed by atoms with Crippen molar-refractivity contribution in [3.8, 4) is 0 Å². The molecule has 2 N–H and O–H groups in total. The van der Waals surface area contributed by atoms with E-state index in [9.17, 15) is 14.4 Å². The number of nitrogens with one attached hydrogen (secondary N) is 2. The van der Waals surface area contributed by atoms with Crippen molar-refractivity contribution in [2.24, 2.45) is 0 Å². The smallest absolute Gasteiger partial charge is 0.321 e. The number of carbonyl (C=O) groups excluding carboxylic acids is 3.